The number of aliphatic hydroxyl groups excluding tert-OH is 1. The quantitative estimate of drug-likeness (QED) is 0.535. The summed E-state index contributed by atoms with van der Waals surface area (Å²) in [6.45, 7) is 3.82. The zero-order valence-corrected chi connectivity index (χ0v) is 5.55. The minimum atomic E-state index is -0.577. The molecular weight excluding hydrogens is 120 g/mol. The Morgan fingerprint density at radius 1 is 1.67 bits per heavy atom. The van der Waals surface area contributed by atoms with E-state index in [1.807, 2.05) is 0 Å². The van der Waals surface area contributed by atoms with Crippen molar-refractivity contribution in [2.45, 2.75) is 19.6 Å². The second-order valence-electron chi connectivity index (χ2n) is 2.42. The maximum Gasteiger partial charge on any atom is 0.204 e. The number of ether oxygens (including phenoxy) is 2. The molecule has 9 heavy (non-hydrogen) atoms. The minimum absolute atomic E-state index is 0.134. The van der Waals surface area contributed by atoms with E-state index in [0.29, 0.717) is 0 Å². The maximum absolute atomic E-state index is 8.75. The van der Waals surface area contributed by atoms with Crippen LogP contribution in [-0.2, 0) is 9.47 Å². The Morgan fingerprint density at radius 3 is 2.67 bits per heavy atom. The lowest BCUT2D eigenvalue weighted by Gasteiger charge is -2.27. The van der Waals surface area contributed by atoms with E-state index in [4.69, 9.17) is 14.6 Å². The van der Waals surface area contributed by atoms with Gasteiger partial charge in [-0.3, -0.25) is 0 Å². The lowest BCUT2D eigenvalue weighted by molar-refractivity contribution is -0.197. The molecule has 0 atom stereocenters. The molecule has 1 heterocycles. The fraction of sp³-hybridized carbons (Fsp3) is 0.667. The molecule has 52 valence electrons. The Morgan fingerprint density at radius 2 is 2.33 bits per heavy atom. The molecule has 0 spiro atoms. The van der Waals surface area contributed by atoms with Crippen molar-refractivity contribution in [1.82, 2.24) is 0 Å². The fourth-order valence-electron chi connectivity index (χ4n) is 0.526. The van der Waals surface area contributed by atoms with Gasteiger partial charge < -0.3 is 14.6 Å². The van der Waals surface area contributed by atoms with Crippen LogP contribution >= 0.6 is 0 Å². The molecule has 0 unspecified atom stereocenters. The first-order chi connectivity index (χ1) is 4.10. The molecule has 0 radical (unpaired) electrons. The van der Waals surface area contributed by atoms with Crippen LogP contribution in [0.15, 0.2) is 12.0 Å². The lowest BCUT2D eigenvalue weighted by Crippen LogP contribution is -2.30. The Hall–Kier alpha value is -0.700. The summed E-state index contributed by atoms with van der Waals surface area (Å²) in [5.41, 5.74) is 0. The van der Waals surface area contributed by atoms with Gasteiger partial charge in [0.2, 0.25) is 5.79 Å². The Kier molecular flexibility index (Phi) is 1.37. The third-order valence-corrected chi connectivity index (χ3v) is 1.05. The van der Waals surface area contributed by atoms with E-state index in [0.717, 1.165) is 0 Å². The summed E-state index contributed by atoms with van der Waals surface area (Å²) in [7, 11) is 0. The van der Waals surface area contributed by atoms with Crippen molar-refractivity contribution < 1.29 is 14.6 Å². The molecule has 1 rings (SSSR count). The molecular formula is C6H10O3. The molecule has 0 aliphatic carbocycles. The van der Waals surface area contributed by atoms with Crippen LogP contribution in [0.3, 0.4) is 0 Å². The molecule has 3 nitrogen and oxygen atoms in total. The van der Waals surface area contributed by atoms with Crippen LogP contribution in [0.5, 0.6) is 0 Å². The van der Waals surface area contributed by atoms with Gasteiger partial charge in [0.1, 0.15) is 12.9 Å². The first-order valence-corrected chi connectivity index (χ1v) is 2.80. The highest BCUT2D eigenvalue weighted by Gasteiger charge is 2.22. The van der Waals surface area contributed by atoms with Crippen molar-refractivity contribution in [1.29, 1.82) is 0 Å². The van der Waals surface area contributed by atoms with Gasteiger partial charge in [-0.25, -0.2) is 0 Å². The minimum Gasteiger partial charge on any atom is -0.507 e. The molecule has 1 N–H and O–H groups in total. The van der Waals surface area contributed by atoms with E-state index >= 15 is 0 Å². The lowest BCUT2D eigenvalue weighted by atomic mass is 10.3. The molecule has 0 saturated carbocycles. The Labute approximate surface area is 53.9 Å². The van der Waals surface area contributed by atoms with Gasteiger partial charge in [-0.2, -0.15) is 0 Å². The van der Waals surface area contributed by atoms with E-state index in [9.17, 15) is 0 Å². The molecule has 3 heteroatoms. The molecule has 0 fully saturated rings. The first kappa shape index (κ1) is 6.42. The SMILES string of the molecule is CC1(C)OC=C(O)CO1. The Balaban J connectivity index is 2.56. The van der Waals surface area contributed by atoms with E-state index < -0.39 is 5.79 Å². The number of hydrogen-bond donors (Lipinski definition) is 1. The van der Waals surface area contributed by atoms with Gasteiger partial charge in [0.05, 0.1) is 0 Å². The van der Waals surface area contributed by atoms with Crippen LogP contribution in [-0.4, -0.2) is 17.5 Å². The largest absolute Gasteiger partial charge is 0.507 e. The summed E-state index contributed by atoms with van der Waals surface area (Å²) < 4.78 is 9.98. The van der Waals surface area contributed by atoms with Crippen LogP contribution < -0.4 is 0 Å². The predicted molar refractivity (Wildman–Crippen MR) is 31.8 cm³/mol. The van der Waals surface area contributed by atoms with Crippen LogP contribution in [0.25, 0.3) is 0 Å². The summed E-state index contributed by atoms with van der Waals surface area (Å²) in [4.78, 5) is 0. The second kappa shape index (κ2) is 1.92. The summed E-state index contributed by atoms with van der Waals surface area (Å²) in [6.07, 6.45) is 1.31. The fourth-order valence-corrected chi connectivity index (χ4v) is 0.526. The highest BCUT2D eigenvalue weighted by Crippen LogP contribution is 2.17. The average Bonchev–Trinajstić information content (AvgIpc) is 1.78. The van der Waals surface area contributed by atoms with E-state index in [1.54, 1.807) is 13.8 Å². The second-order valence-corrected chi connectivity index (χ2v) is 2.42. The topological polar surface area (TPSA) is 38.7 Å². The van der Waals surface area contributed by atoms with Crippen LogP contribution in [0.1, 0.15) is 13.8 Å². The van der Waals surface area contributed by atoms with E-state index in [-0.39, 0.29) is 12.4 Å². The summed E-state index contributed by atoms with van der Waals surface area (Å²) in [5, 5.41) is 8.75. The van der Waals surface area contributed by atoms with Crippen molar-refractivity contribution >= 4 is 0 Å². The molecule has 0 saturated heterocycles. The summed E-state index contributed by atoms with van der Waals surface area (Å²) in [5.74, 6) is -0.444. The molecule has 0 aromatic carbocycles. The molecule has 0 bridgehead atoms. The molecule has 0 aromatic rings. The monoisotopic (exact) mass is 130 g/mol. The first-order valence-electron chi connectivity index (χ1n) is 2.80. The normalized spacial score (nSPS) is 24.4. The zero-order chi connectivity index (χ0) is 6.91. The van der Waals surface area contributed by atoms with Crippen LogP contribution in [0.2, 0.25) is 0 Å². The van der Waals surface area contributed by atoms with Gasteiger partial charge in [-0.1, -0.05) is 0 Å². The van der Waals surface area contributed by atoms with Gasteiger partial charge in [-0.05, 0) is 0 Å². The van der Waals surface area contributed by atoms with Gasteiger partial charge in [0.15, 0.2) is 5.76 Å². The van der Waals surface area contributed by atoms with Crippen molar-refractivity contribution in [2.75, 3.05) is 6.61 Å². The van der Waals surface area contributed by atoms with E-state index in [1.165, 1.54) is 6.26 Å². The smallest absolute Gasteiger partial charge is 0.204 e. The third-order valence-electron chi connectivity index (χ3n) is 1.05. The van der Waals surface area contributed by atoms with Crippen LogP contribution in [0, 0.1) is 0 Å². The molecule has 0 aromatic heterocycles. The van der Waals surface area contributed by atoms with Gasteiger partial charge in [0, 0.05) is 13.8 Å². The van der Waals surface area contributed by atoms with Crippen molar-refractivity contribution in [2.24, 2.45) is 0 Å². The number of rotatable bonds is 0. The van der Waals surface area contributed by atoms with Crippen molar-refractivity contribution in [3.63, 3.8) is 0 Å². The van der Waals surface area contributed by atoms with Gasteiger partial charge >= 0.3 is 0 Å². The predicted octanol–water partition coefficient (Wildman–Crippen LogP) is 1.17. The summed E-state index contributed by atoms with van der Waals surface area (Å²) >= 11 is 0. The van der Waals surface area contributed by atoms with Crippen molar-refractivity contribution in [3.05, 3.63) is 12.0 Å². The molecule has 0 amide bonds. The van der Waals surface area contributed by atoms with E-state index in [2.05, 4.69) is 0 Å². The Bertz CT molecular complexity index is 137. The standard InChI is InChI=1S/C6H10O3/c1-6(2)8-3-5(7)4-9-6/h3,7H,4H2,1-2H3. The highest BCUT2D eigenvalue weighted by molar-refractivity contribution is 4.89. The summed E-state index contributed by atoms with van der Waals surface area (Å²) in [6, 6.07) is 0. The van der Waals surface area contributed by atoms with Gasteiger partial charge in [-0.15, -0.1) is 0 Å². The maximum atomic E-state index is 8.75. The molecule has 1 aliphatic heterocycles. The molecule has 1 aliphatic rings. The number of hydrogen-bond acceptors (Lipinski definition) is 3. The third kappa shape index (κ3) is 1.61. The zero-order valence-electron chi connectivity index (χ0n) is 5.55. The highest BCUT2D eigenvalue weighted by atomic mass is 16.7. The number of aliphatic hydroxyl groups is 1. The van der Waals surface area contributed by atoms with Crippen LogP contribution in [0.4, 0.5) is 0 Å². The van der Waals surface area contributed by atoms with Crippen molar-refractivity contribution in [3.8, 4) is 0 Å². The van der Waals surface area contributed by atoms with Gasteiger partial charge in [0.25, 0.3) is 0 Å². The average molecular weight is 130 g/mol.